The molecule has 3 nitrogen and oxygen atoms in total. The number of benzene rings is 2. The minimum absolute atomic E-state index is 0.140. The second kappa shape index (κ2) is 11.5. The van der Waals surface area contributed by atoms with Gasteiger partial charge in [0.25, 0.3) is 0 Å². The van der Waals surface area contributed by atoms with E-state index in [9.17, 15) is 13.6 Å². The fourth-order valence-corrected chi connectivity index (χ4v) is 3.39. The lowest BCUT2D eigenvalue weighted by Crippen LogP contribution is -2.18. The first-order valence-corrected chi connectivity index (χ1v) is 9.76. The summed E-state index contributed by atoms with van der Waals surface area (Å²) in [4.78, 5) is 11.4. The van der Waals surface area contributed by atoms with Crippen molar-refractivity contribution < 1.29 is 23.4 Å². The Labute approximate surface area is 165 Å². The molecule has 0 amide bonds. The fourth-order valence-electron chi connectivity index (χ4n) is 3.39. The molecule has 2 aromatic carbocycles. The van der Waals surface area contributed by atoms with Crippen molar-refractivity contribution in [2.24, 2.45) is 5.92 Å². The Bertz CT molecular complexity index is 734. The van der Waals surface area contributed by atoms with E-state index in [0.29, 0.717) is 18.4 Å². The van der Waals surface area contributed by atoms with Gasteiger partial charge >= 0.3 is 5.97 Å². The Hall–Kier alpha value is -2.27. The third kappa shape index (κ3) is 7.77. The molecule has 1 aliphatic rings. The molecule has 1 heterocycles. The molecule has 3 rings (SSSR count). The van der Waals surface area contributed by atoms with Crippen molar-refractivity contribution in [1.82, 2.24) is 0 Å². The second-order valence-corrected chi connectivity index (χ2v) is 7.23. The first kappa shape index (κ1) is 22.0. The van der Waals surface area contributed by atoms with Crippen molar-refractivity contribution in [3.8, 4) is 0 Å². The van der Waals surface area contributed by atoms with Crippen LogP contribution in [0.2, 0.25) is 0 Å². The van der Waals surface area contributed by atoms with Gasteiger partial charge in [0.15, 0.2) is 0 Å². The molecule has 1 aliphatic heterocycles. The number of hydrogen-bond acceptors (Lipinski definition) is 3. The third-order valence-electron chi connectivity index (χ3n) is 4.79. The van der Waals surface area contributed by atoms with Crippen LogP contribution in [0.5, 0.6) is 0 Å². The van der Waals surface area contributed by atoms with Gasteiger partial charge in [-0.05, 0) is 55.7 Å². The molecular formula is C23H28F2O3. The predicted octanol–water partition coefficient (Wildman–Crippen LogP) is 5.20. The van der Waals surface area contributed by atoms with Crippen molar-refractivity contribution in [3.05, 3.63) is 71.3 Å². The van der Waals surface area contributed by atoms with Gasteiger partial charge in [0.2, 0.25) is 0 Å². The Kier molecular flexibility index (Phi) is 9.08. The van der Waals surface area contributed by atoms with Gasteiger partial charge < -0.3 is 9.84 Å². The molecule has 5 heteroatoms. The van der Waals surface area contributed by atoms with E-state index in [1.54, 1.807) is 0 Å². The molecule has 0 saturated carbocycles. The molecule has 28 heavy (non-hydrogen) atoms. The Balaban J connectivity index is 0.000000292. The number of hydrogen-bond donors (Lipinski definition) is 1. The number of rotatable bonds is 3. The lowest BCUT2D eigenvalue weighted by Gasteiger charge is -2.20. The van der Waals surface area contributed by atoms with Crippen LogP contribution in [0.1, 0.15) is 50.2 Å². The number of aliphatic hydroxyl groups is 1. The molecule has 1 saturated heterocycles. The topological polar surface area (TPSA) is 46.5 Å². The number of aliphatic hydroxyl groups excluding tert-OH is 1. The number of esters is 1. The van der Waals surface area contributed by atoms with Crippen molar-refractivity contribution in [2.75, 3.05) is 0 Å². The number of carbonyl (C=O) groups excluding carboxylic acids is 1. The van der Waals surface area contributed by atoms with E-state index in [4.69, 9.17) is 9.84 Å². The molecule has 1 N–H and O–H groups in total. The molecule has 0 radical (unpaired) electrons. The maximum Gasteiger partial charge on any atom is 0.306 e. The second-order valence-electron chi connectivity index (χ2n) is 7.23. The van der Waals surface area contributed by atoms with Crippen molar-refractivity contribution in [2.45, 2.75) is 58.2 Å². The highest BCUT2D eigenvalue weighted by Crippen LogP contribution is 2.25. The summed E-state index contributed by atoms with van der Waals surface area (Å²) in [5, 5.41) is 8.54. The van der Waals surface area contributed by atoms with Crippen LogP contribution >= 0.6 is 0 Å². The summed E-state index contributed by atoms with van der Waals surface area (Å²) in [6, 6.07) is 13.2. The van der Waals surface area contributed by atoms with Crippen molar-refractivity contribution in [1.29, 1.82) is 0 Å². The molecule has 0 aromatic heterocycles. The Morgan fingerprint density at radius 3 is 2.50 bits per heavy atom. The normalized spacial score (nSPS) is 20.1. The largest absolute Gasteiger partial charge is 0.463 e. The van der Waals surface area contributed by atoms with Crippen LogP contribution < -0.4 is 0 Å². The minimum atomic E-state index is -0.553. The zero-order valence-corrected chi connectivity index (χ0v) is 16.2. The summed E-state index contributed by atoms with van der Waals surface area (Å²) in [7, 11) is 0. The molecule has 2 atom stereocenters. The average Bonchev–Trinajstić information content (AvgIpc) is 2.75. The summed E-state index contributed by atoms with van der Waals surface area (Å²) in [5.41, 5.74) is 1.50. The van der Waals surface area contributed by atoms with Crippen LogP contribution in [0.4, 0.5) is 8.78 Å². The molecule has 2 aromatic rings. The van der Waals surface area contributed by atoms with Gasteiger partial charge in [0.1, 0.15) is 11.6 Å². The summed E-state index contributed by atoms with van der Waals surface area (Å²) in [5.74, 6) is -0.931. The monoisotopic (exact) mass is 390 g/mol. The summed E-state index contributed by atoms with van der Waals surface area (Å²) < 4.78 is 31.9. The lowest BCUT2D eigenvalue weighted by atomic mass is 9.89. The van der Waals surface area contributed by atoms with E-state index >= 15 is 0 Å². The molecular weight excluding hydrogens is 362 g/mol. The van der Waals surface area contributed by atoms with E-state index in [2.05, 4.69) is 0 Å². The Morgan fingerprint density at radius 2 is 1.86 bits per heavy atom. The molecule has 0 aliphatic carbocycles. The number of carbonyl (C=O) groups is 1. The van der Waals surface area contributed by atoms with E-state index in [0.717, 1.165) is 37.3 Å². The molecule has 152 valence electrons. The van der Waals surface area contributed by atoms with Crippen molar-refractivity contribution in [3.63, 3.8) is 0 Å². The summed E-state index contributed by atoms with van der Waals surface area (Å²) in [6.07, 6.45) is 4.30. The summed E-state index contributed by atoms with van der Waals surface area (Å²) in [6.45, 7) is 2.01. The van der Waals surface area contributed by atoms with Gasteiger partial charge in [-0.1, -0.05) is 42.8 Å². The standard InChI is InChI=1S/C16H20F2O2.C7H8O/c1-11-8-12(4-2-3-5-16(19)20-11)9-13-6-7-14(17)10-15(13)18;8-6-7-4-2-1-3-5-7/h6-7,10-12H,2-5,8-9H2,1H3;1-5,8H,6H2. The van der Waals surface area contributed by atoms with Crippen LogP contribution in [-0.4, -0.2) is 17.2 Å². The highest BCUT2D eigenvalue weighted by molar-refractivity contribution is 5.69. The quantitative estimate of drug-likeness (QED) is 0.733. The van der Waals surface area contributed by atoms with Crippen LogP contribution in [0.25, 0.3) is 0 Å². The van der Waals surface area contributed by atoms with E-state index < -0.39 is 11.6 Å². The van der Waals surface area contributed by atoms with E-state index in [-0.39, 0.29) is 24.6 Å². The molecule has 1 fully saturated rings. The SMILES string of the molecule is CC1CC(Cc2ccc(F)cc2F)CCCCC(=O)O1.OCc1ccccc1. The smallest absolute Gasteiger partial charge is 0.306 e. The third-order valence-corrected chi connectivity index (χ3v) is 4.79. The van der Waals surface area contributed by atoms with Gasteiger partial charge in [-0.25, -0.2) is 8.78 Å². The predicted molar refractivity (Wildman–Crippen MR) is 105 cm³/mol. The van der Waals surface area contributed by atoms with E-state index in [1.165, 1.54) is 12.1 Å². The molecule has 2 unspecified atom stereocenters. The number of halogens is 2. The highest BCUT2D eigenvalue weighted by Gasteiger charge is 2.20. The molecule has 0 spiro atoms. The zero-order valence-electron chi connectivity index (χ0n) is 16.2. The van der Waals surface area contributed by atoms with Crippen LogP contribution in [0.3, 0.4) is 0 Å². The maximum absolute atomic E-state index is 13.7. The number of ether oxygens (including phenoxy) is 1. The first-order chi connectivity index (χ1) is 13.5. The fraction of sp³-hybridized carbons (Fsp3) is 0.435. The van der Waals surface area contributed by atoms with Gasteiger partial charge in [-0.15, -0.1) is 0 Å². The Morgan fingerprint density at radius 1 is 1.11 bits per heavy atom. The summed E-state index contributed by atoms with van der Waals surface area (Å²) >= 11 is 0. The van der Waals surface area contributed by atoms with Gasteiger partial charge in [-0.2, -0.15) is 0 Å². The molecule has 0 bridgehead atoms. The first-order valence-electron chi connectivity index (χ1n) is 9.76. The maximum atomic E-state index is 13.7. The lowest BCUT2D eigenvalue weighted by molar-refractivity contribution is -0.148. The van der Waals surface area contributed by atoms with Crippen LogP contribution in [0.15, 0.2) is 48.5 Å². The van der Waals surface area contributed by atoms with Crippen LogP contribution in [-0.2, 0) is 22.6 Å². The van der Waals surface area contributed by atoms with Gasteiger partial charge in [-0.3, -0.25) is 4.79 Å². The van der Waals surface area contributed by atoms with Gasteiger partial charge in [0.05, 0.1) is 12.7 Å². The van der Waals surface area contributed by atoms with Crippen LogP contribution in [0, 0.1) is 17.6 Å². The zero-order chi connectivity index (χ0) is 20.4. The minimum Gasteiger partial charge on any atom is -0.463 e. The highest BCUT2D eigenvalue weighted by atomic mass is 19.1. The van der Waals surface area contributed by atoms with E-state index in [1.807, 2.05) is 37.3 Å². The number of cyclic esters (lactones) is 1. The average molecular weight is 390 g/mol. The van der Waals surface area contributed by atoms with Gasteiger partial charge in [0, 0.05) is 12.5 Å². The van der Waals surface area contributed by atoms with Crippen molar-refractivity contribution >= 4 is 5.97 Å².